The normalized spacial score (nSPS) is 18.3. The zero-order chi connectivity index (χ0) is 21.3. The molecule has 0 radical (unpaired) electrons. The van der Waals surface area contributed by atoms with Crippen molar-refractivity contribution < 1.29 is 9.13 Å². The highest BCUT2D eigenvalue weighted by atomic mass is 32.1. The van der Waals surface area contributed by atoms with Gasteiger partial charge in [-0.15, -0.1) is 11.3 Å². The van der Waals surface area contributed by atoms with E-state index in [4.69, 9.17) is 15.7 Å². The van der Waals surface area contributed by atoms with Gasteiger partial charge in [-0.3, -0.25) is 4.99 Å². The summed E-state index contributed by atoms with van der Waals surface area (Å²) in [5.74, 6) is -0.509. The van der Waals surface area contributed by atoms with Crippen LogP contribution in [0.1, 0.15) is 28.8 Å². The minimum Gasteiger partial charge on any atom is -0.398 e. The van der Waals surface area contributed by atoms with Crippen LogP contribution in [0.2, 0.25) is 0 Å². The van der Waals surface area contributed by atoms with Gasteiger partial charge < -0.3 is 10.5 Å². The van der Waals surface area contributed by atoms with Crippen molar-refractivity contribution in [2.45, 2.75) is 31.9 Å². The van der Waals surface area contributed by atoms with Crippen LogP contribution < -0.4 is 5.73 Å². The summed E-state index contributed by atoms with van der Waals surface area (Å²) in [6, 6.07) is 14.8. The third kappa shape index (κ3) is 4.00. The lowest BCUT2D eigenvalue weighted by Gasteiger charge is -2.30. The molecule has 1 heterocycles. The number of hydrogen-bond acceptors (Lipinski definition) is 5. The standard InChI is InChI=1S/C24H22FN3OS/c1-14-7-21(15-3-4-17(12-26)22(25)9-15)24(30-14)16-5-6-23(27)18(8-16)13-28-19-10-20(11-19)29-2/h3-9,13,19-20H,10-11,27H2,1-2H3. The Balaban J connectivity index is 1.67. The lowest BCUT2D eigenvalue weighted by atomic mass is 9.90. The molecule has 1 saturated carbocycles. The molecular formula is C24H22FN3OS. The molecule has 0 aliphatic heterocycles. The number of aliphatic imine (C=N–C) groups is 1. The highest BCUT2D eigenvalue weighted by Crippen LogP contribution is 2.40. The molecule has 4 nitrogen and oxygen atoms in total. The van der Waals surface area contributed by atoms with Gasteiger partial charge in [0.05, 0.1) is 17.7 Å². The largest absolute Gasteiger partial charge is 0.398 e. The van der Waals surface area contributed by atoms with Gasteiger partial charge in [0.2, 0.25) is 0 Å². The van der Waals surface area contributed by atoms with Crippen LogP contribution in [0, 0.1) is 24.1 Å². The van der Waals surface area contributed by atoms with Crippen molar-refractivity contribution in [1.82, 2.24) is 0 Å². The first-order valence-electron chi connectivity index (χ1n) is 9.74. The van der Waals surface area contributed by atoms with Crippen molar-refractivity contribution in [1.29, 1.82) is 5.26 Å². The van der Waals surface area contributed by atoms with Gasteiger partial charge in [0.25, 0.3) is 0 Å². The Hall–Kier alpha value is -3.01. The zero-order valence-electron chi connectivity index (χ0n) is 16.9. The van der Waals surface area contributed by atoms with E-state index in [1.807, 2.05) is 43.5 Å². The summed E-state index contributed by atoms with van der Waals surface area (Å²) in [5, 5.41) is 8.99. The number of nitriles is 1. The molecule has 0 saturated heterocycles. The molecule has 30 heavy (non-hydrogen) atoms. The van der Waals surface area contributed by atoms with E-state index in [-0.39, 0.29) is 11.6 Å². The van der Waals surface area contributed by atoms with Crippen molar-refractivity contribution in [2.75, 3.05) is 12.8 Å². The number of nitrogen functional groups attached to an aromatic ring is 1. The summed E-state index contributed by atoms with van der Waals surface area (Å²) in [6.45, 7) is 2.03. The van der Waals surface area contributed by atoms with Crippen molar-refractivity contribution in [3.8, 4) is 27.6 Å². The fourth-order valence-electron chi connectivity index (χ4n) is 3.58. The number of nitrogens with two attached hydrogens (primary N) is 1. The van der Waals surface area contributed by atoms with Gasteiger partial charge in [-0.25, -0.2) is 4.39 Å². The second-order valence-electron chi connectivity index (χ2n) is 7.51. The van der Waals surface area contributed by atoms with E-state index >= 15 is 0 Å². The number of aryl methyl sites for hydroxylation is 1. The zero-order valence-corrected chi connectivity index (χ0v) is 17.7. The molecule has 2 N–H and O–H groups in total. The fourth-order valence-corrected chi connectivity index (χ4v) is 4.61. The number of hydrogen-bond donors (Lipinski definition) is 1. The van der Waals surface area contributed by atoms with Gasteiger partial charge in [0.15, 0.2) is 0 Å². The third-order valence-corrected chi connectivity index (χ3v) is 6.53. The summed E-state index contributed by atoms with van der Waals surface area (Å²) in [6.07, 6.45) is 4.02. The quantitative estimate of drug-likeness (QED) is 0.433. The van der Waals surface area contributed by atoms with Crippen LogP contribution in [0.4, 0.5) is 10.1 Å². The molecule has 0 atom stereocenters. The number of anilines is 1. The molecule has 6 heteroatoms. The van der Waals surface area contributed by atoms with Crippen LogP contribution in [-0.2, 0) is 4.74 Å². The maximum atomic E-state index is 14.2. The van der Waals surface area contributed by atoms with Crippen LogP contribution in [0.5, 0.6) is 0 Å². The van der Waals surface area contributed by atoms with Crippen LogP contribution >= 0.6 is 11.3 Å². The highest BCUT2D eigenvalue weighted by Gasteiger charge is 2.28. The van der Waals surface area contributed by atoms with Gasteiger partial charge in [-0.1, -0.05) is 12.1 Å². The molecule has 1 aromatic heterocycles. The lowest BCUT2D eigenvalue weighted by Crippen LogP contribution is -2.33. The van der Waals surface area contributed by atoms with E-state index in [1.54, 1.807) is 24.5 Å². The first kappa shape index (κ1) is 20.3. The number of nitrogens with zero attached hydrogens (tertiary/aromatic N) is 2. The fraction of sp³-hybridized carbons (Fsp3) is 0.250. The van der Waals surface area contributed by atoms with E-state index in [9.17, 15) is 4.39 Å². The van der Waals surface area contributed by atoms with Gasteiger partial charge in [-0.2, -0.15) is 5.26 Å². The number of methoxy groups -OCH3 is 1. The molecule has 0 spiro atoms. The Kier molecular flexibility index (Phi) is 5.67. The minimum absolute atomic E-state index is 0.0462. The number of thiophene rings is 1. The van der Waals surface area contributed by atoms with Crippen molar-refractivity contribution in [3.05, 3.63) is 64.3 Å². The van der Waals surface area contributed by atoms with Gasteiger partial charge >= 0.3 is 0 Å². The third-order valence-electron chi connectivity index (χ3n) is 5.43. The Morgan fingerprint density at radius 1 is 1.20 bits per heavy atom. The van der Waals surface area contributed by atoms with Gasteiger partial charge in [0, 0.05) is 39.9 Å². The second kappa shape index (κ2) is 8.39. The molecule has 1 fully saturated rings. The molecule has 2 aromatic carbocycles. The smallest absolute Gasteiger partial charge is 0.141 e. The molecule has 0 unspecified atom stereocenters. The first-order chi connectivity index (χ1) is 14.5. The average Bonchev–Trinajstić information content (AvgIpc) is 3.10. The van der Waals surface area contributed by atoms with E-state index < -0.39 is 5.82 Å². The Morgan fingerprint density at radius 2 is 1.97 bits per heavy atom. The summed E-state index contributed by atoms with van der Waals surface area (Å²) >= 11 is 1.65. The van der Waals surface area contributed by atoms with E-state index in [1.165, 1.54) is 12.1 Å². The number of benzene rings is 2. The molecule has 152 valence electrons. The summed E-state index contributed by atoms with van der Waals surface area (Å²) in [4.78, 5) is 6.81. The summed E-state index contributed by atoms with van der Waals surface area (Å²) < 4.78 is 19.5. The minimum atomic E-state index is -0.509. The Bertz CT molecular complexity index is 1160. The Morgan fingerprint density at radius 3 is 2.67 bits per heavy atom. The van der Waals surface area contributed by atoms with Crippen molar-refractivity contribution in [3.63, 3.8) is 0 Å². The van der Waals surface area contributed by atoms with E-state index in [0.29, 0.717) is 11.8 Å². The van der Waals surface area contributed by atoms with Crippen molar-refractivity contribution in [2.24, 2.45) is 4.99 Å². The van der Waals surface area contributed by atoms with E-state index in [2.05, 4.69) is 4.99 Å². The molecule has 3 aromatic rings. The molecule has 0 bridgehead atoms. The summed E-state index contributed by atoms with van der Waals surface area (Å²) in [7, 11) is 1.73. The van der Waals surface area contributed by atoms with Crippen LogP contribution in [-0.4, -0.2) is 25.5 Å². The average molecular weight is 420 g/mol. The van der Waals surface area contributed by atoms with Crippen LogP contribution in [0.25, 0.3) is 21.6 Å². The second-order valence-corrected chi connectivity index (χ2v) is 8.77. The Labute approximate surface area is 179 Å². The van der Waals surface area contributed by atoms with Crippen LogP contribution in [0.15, 0.2) is 47.5 Å². The maximum absolute atomic E-state index is 14.2. The van der Waals surface area contributed by atoms with Crippen molar-refractivity contribution >= 4 is 23.2 Å². The predicted octanol–water partition coefficient (Wildman–Crippen LogP) is 5.58. The van der Waals surface area contributed by atoms with Crippen LogP contribution in [0.3, 0.4) is 0 Å². The maximum Gasteiger partial charge on any atom is 0.141 e. The molecule has 4 rings (SSSR count). The van der Waals surface area contributed by atoms with E-state index in [0.717, 1.165) is 44.8 Å². The number of rotatable bonds is 5. The predicted molar refractivity (Wildman–Crippen MR) is 120 cm³/mol. The first-order valence-corrected chi connectivity index (χ1v) is 10.6. The molecule has 0 amide bonds. The SMILES string of the molecule is COC1CC(N=Cc2cc(-c3sc(C)cc3-c3ccc(C#N)c(F)c3)ccc2N)C1. The monoisotopic (exact) mass is 419 g/mol. The topological polar surface area (TPSA) is 71.4 Å². The van der Waals surface area contributed by atoms with Gasteiger partial charge in [-0.05, 0) is 61.2 Å². The lowest BCUT2D eigenvalue weighted by molar-refractivity contribution is 0.0286. The molecule has 1 aliphatic carbocycles. The summed E-state index contributed by atoms with van der Waals surface area (Å²) in [5.41, 5.74) is 10.5. The molecule has 1 aliphatic rings. The molecular weight excluding hydrogens is 397 g/mol. The number of halogens is 1. The highest BCUT2D eigenvalue weighted by molar-refractivity contribution is 7.16. The van der Waals surface area contributed by atoms with Gasteiger partial charge in [0.1, 0.15) is 11.9 Å². The number of ether oxygens (including phenoxy) is 1.